The molecular formula is C20H25FN2O5S. The predicted octanol–water partition coefficient (Wildman–Crippen LogP) is 3.13. The second kappa shape index (κ2) is 6.90. The Bertz CT molecular complexity index is 993. The van der Waals surface area contributed by atoms with Crippen LogP contribution in [0.15, 0.2) is 23.2 Å². The van der Waals surface area contributed by atoms with Crippen molar-refractivity contribution in [1.29, 1.82) is 0 Å². The summed E-state index contributed by atoms with van der Waals surface area (Å²) in [5, 5.41) is 2.51. The number of nitrogens with one attached hydrogen (secondary N) is 1. The number of amides is 1. The molecule has 0 saturated heterocycles. The highest BCUT2D eigenvalue weighted by Crippen LogP contribution is 2.47. The monoisotopic (exact) mass is 424 g/mol. The normalized spacial score (nSPS) is 24.9. The number of sulfone groups is 1. The first-order valence-electron chi connectivity index (χ1n) is 9.40. The number of alkyl carbamates (subject to hydrolysis) is 1. The van der Waals surface area contributed by atoms with E-state index in [0.717, 1.165) is 6.07 Å². The molecule has 1 amide bonds. The standard InChI is InChI=1S/C20H25FN2O5S/c1-18(2,3)28-17(25)22-16-20(8-5-9-20)29(26,27)12-19(4,23-16)14-10-13(11-24)6-7-15(14)21/h6-7,10-11H,5,8-9,12H2,1-4H3,(H,22,23,25)/t19-/m0/s1. The Kier molecular flexibility index (Phi) is 5.09. The van der Waals surface area contributed by atoms with E-state index in [1.54, 1.807) is 20.8 Å². The van der Waals surface area contributed by atoms with Crippen LogP contribution in [0.4, 0.5) is 9.18 Å². The number of halogens is 1. The lowest BCUT2D eigenvalue weighted by Crippen LogP contribution is -2.64. The number of aldehydes is 1. The molecule has 1 aliphatic carbocycles. The van der Waals surface area contributed by atoms with Gasteiger partial charge in [0.05, 0.1) is 5.75 Å². The van der Waals surface area contributed by atoms with Gasteiger partial charge in [0.2, 0.25) is 0 Å². The van der Waals surface area contributed by atoms with Crippen LogP contribution in [0, 0.1) is 5.82 Å². The molecule has 1 heterocycles. The Hall–Kier alpha value is -2.29. The van der Waals surface area contributed by atoms with Crippen molar-refractivity contribution >= 4 is 28.1 Å². The highest BCUT2D eigenvalue weighted by Gasteiger charge is 2.59. The summed E-state index contributed by atoms with van der Waals surface area (Å²) in [6.07, 6.45) is 1.08. The SMILES string of the molecule is CC(C)(C)OC(=O)NC1=N[C@](C)(c2cc(C=O)ccc2F)CS(=O)(=O)C12CCC2. The predicted molar refractivity (Wildman–Crippen MR) is 106 cm³/mol. The summed E-state index contributed by atoms with van der Waals surface area (Å²) in [7, 11) is -3.77. The molecule has 1 N–H and O–H groups in total. The number of benzene rings is 1. The highest BCUT2D eigenvalue weighted by molar-refractivity contribution is 7.93. The van der Waals surface area contributed by atoms with Crippen molar-refractivity contribution in [2.75, 3.05) is 5.75 Å². The van der Waals surface area contributed by atoms with E-state index in [0.29, 0.717) is 25.5 Å². The van der Waals surface area contributed by atoms with Crippen LogP contribution in [-0.4, -0.2) is 42.7 Å². The van der Waals surface area contributed by atoms with Crippen LogP contribution < -0.4 is 5.32 Å². The molecule has 2 aliphatic rings. The Morgan fingerprint density at radius 1 is 1.31 bits per heavy atom. The minimum atomic E-state index is -3.77. The van der Waals surface area contributed by atoms with Crippen LogP contribution in [0.2, 0.25) is 0 Å². The quantitative estimate of drug-likeness (QED) is 0.735. The zero-order valence-corrected chi connectivity index (χ0v) is 17.7. The first-order chi connectivity index (χ1) is 13.3. The smallest absolute Gasteiger partial charge is 0.413 e. The van der Waals surface area contributed by atoms with Crippen molar-refractivity contribution in [3.05, 3.63) is 35.1 Å². The number of carbonyl (C=O) groups is 2. The maximum atomic E-state index is 14.6. The maximum absolute atomic E-state index is 14.6. The van der Waals surface area contributed by atoms with Gasteiger partial charge in [-0.15, -0.1) is 0 Å². The van der Waals surface area contributed by atoms with E-state index in [9.17, 15) is 22.4 Å². The van der Waals surface area contributed by atoms with Gasteiger partial charge in [0.1, 0.15) is 33.8 Å². The second-order valence-electron chi connectivity index (χ2n) is 8.83. The van der Waals surface area contributed by atoms with Crippen LogP contribution in [0.1, 0.15) is 62.9 Å². The van der Waals surface area contributed by atoms with Gasteiger partial charge in [-0.2, -0.15) is 0 Å². The molecule has 1 fully saturated rings. The van der Waals surface area contributed by atoms with Gasteiger partial charge >= 0.3 is 6.09 Å². The van der Waals surface area contributed by atoms with E-state index in [-0.39, 0.29) is 17.0 Å². The molecule has 158 valence electrons. The van der Waals surface area contributed by atoms with Crippen molar-refractivity contribution in [2.45, 2.75) is 62.8 Å². The molecular weight excluding hydrogens is 399 g/mol. The fourth-order valence-electron chi connectivity index (χ4n) is 3.79. The fourth-order valence-corrected chi connectivity index (χ4v) is 6.33. The number of hydrogen-bond acceptors (Lipinski definition) is 6. The Morgan fingerprint density at radius 3 is 2.48 bits per heavy atom. The van der Waals surface area contributed by atoms with Gasteiger partial charge in [-0.05, 0) is 65.2 Å². The van der Waals surface area contributed by atoms with Gasteiger partial charge in [-0.1, -0.05) is 0 Å². The summed E-state index contributed by atoms with van der Waals surface area (Å²) in [5.41, 5.74) is -2.07. The minimum Gasteiger partial charge on any atom is -0.444 e. The van der Waals surface area contributed by atoms with Crippen molar-refractivity contribution < 1.29 is 27.1 Å². The molecule has 0 unspecified atom stereocenters. The van der Waals surface area contributed by atoms with E-state index in [1.807, 2.05) is 0 Å². The largest absolute Gasteiger partial charge is 0.444 e. The van der Waals surface area contributed by atoms with Gasteiger partial charge in [0.15, 0.2) is 9.84 Å². The van der Waals surface area contributed by atoms with E-state index in [1.165, 1.54) is 19.1 Å². The zero-order chi connectivity index (χ0) is 21.7. The van der Waals surface area contributed by atoms with Crippen molar-refractivity contribution in [3.63, 3.8) is 0 Å². The van der Waals surface area contributed by atoms with Crippen LogP contribution in [0.25, 0.3) is 0 Å². The third-order valence-corrected chi connectivity index (χ3v) is 8.08. The van der Waals surface area contributed by atoms with Gasteiger partial charge in [0.25, 0.3) is 0 Å². The van der Waals surface area contributed by atoms with E-state index < -0.39 is 43.4 Å². The number of carbonyl (C=O) groups excluding carboxylic acids is 2. The molecule has 1 saturated carbocycles. The highest BCUT2D eigenvalue weighted by atomic mass is 32.2. The van der Waals surface area contributed by atoms with Crippen molar-refractivity contribution in [1.82, 2.24) is 5.32 Å². The molecule has 7 nitrogen and oxygen atoms in total. The van der Waals surface area contributed by atoms with Gasteiger partial charge < -0.3 is 4.74 Å². The van der Waals surface area contributed by atoms with Crippen LogP contribution in [0.5, 0.6) is 0 Å². The van der Waals surface area contributed by atoms with E-state index in [4.69, 9.17) is 4.74 Å². The molecule has 9 heteroatoms. The second-order valence-corrected chi connectivity index (χ2v) is 11.1. The molecule has 29 heavy (non-hydrogen) atoms. The minimum absolute atomic E-state index is 0.0108. The molecule has 1 aromatic carbocycles. The molecule has 1 aliphatic heterocycles. The summed E-state index contributed by atoms with van der Waals surface area (Å²) in [5.74, 6) is -1.11. The van der Waals surface area contributed by atoms with E-state index >= 15 is 0 Å². The van der Waals surface area contributed by atoms with Crippen molar-refractivity contribution in [3.8, 4) is 0 Å². The molecule has 1 aromatic rings. The lowest BCUT2D eigenvalue weighted by Gasteiger charge is -2.47. The average Bonchev–Trinajstić information content (AvgIpc) is 2.50. The zero-order valence-electron chi connectivity index (χ0n) is 16.9. The summed E-state index contributed by atoms with van der Waals surface area (Å²) in [6.45, 7) is 6.56. The third kappa shape index (κ3) is 3.80. The van der Waals surface area contributed by atoms with Gasteiger partial charge in [-0.3, -0.25) is 15.1 Å². The van der Waals surface area contributed by atoms with E-state index in [2.05, 4.69) is 10.3 Å². The lowest BCUT2D eigenvalue weighted by molar-refractivity contribution is 0.0559. The molecule has 1 spiro atoms. The summed E-state index contributed by atoms with van der Waals surface area (Å²) >= 11 is 0. The number of rotatable bonds is 2. The van der Waals surface area contributed by atoms with Crippen LogP contribution in [-0.2, 0) is 20.1 Å². The topological polar surface area (TPSA) is 102 Å². The molecule has 0 radical (unpaired) electrons. The lowest BCUT2D eigenvalue weighted by atomic mass is 9.81. The average molecular weight is 424 g/mol. The van der Waals surface area contributed by atoms with Crippen molar-refractivity contribution in [2.24, 2.45) is 4.99 Å². The Labute approximate surface area is 169 Å². The first kappa shape index (κ1) is 21.4. The van der Waals surface area contributed by atoms with Gasteiger partial charge in [0, 0.05) is 11.1 Å². The number of ether oxygens (including phenoxy) is 1. The molecule has 1 atom stereocenters. The summed E-state index contributed by atoms with van der Waals surface area (Å²) in [6, 6.07) is 3.72. The number of hydrogen-bond donors (Lipinski definition) is 1. The maximum Gasteiger partial charge on any atom is 0.413 e. The fraction of sp³-hybridized carbons (Fsp3) is 0.550. The Morgan fingerprint density at radius 2 is 1.97 bits per heavy atom. The summed E-state index contributed by atoms with van der Waals surface area (Å²) in [4.78, 5) is 28.0. The number of nitrogens with zero attached hydrogens (tertiary/aromatic N) is 1. The van der Waals surface area contributed by atoms with Gasteiger partial charge in [-0.25, -0.2) is 17.6 Å². The first-order valence-corrected chi connectivity index (χ1v) is 11.1. The number of amidine groups is 1. The number of aliphatic imine (C=N–C) groups is 1. The van der Waals surface area contributed by atoms with Crippen LogP contribution in [0.3, 0.4) is 0 Å². The third-order valence-electron chi connectivity index (χ3n) is 5.34. The summed E-state index contributed by atoms with van der Waals surface area (Å²) < 4.78 is 45.1. The molecule has 0 aromatic heterocycles. The Balaban J connectivity index is 2.11. The molecule has 3 rings (SSSR count). The molecule has 0 bridgehead atoms. The van der Waals surface area contributed by atoms with Crippen LogP contribution >= 0.6 is 0 Å².